The van der Waals surface area contributed by atoms with Gasteiger partial charge < -0.3 is 15.2 Å². The Bertz CT molecular complexity index is 529. The van der Waals surface area contributed by atoms with Gasteiger partial charge in [0.25, 0.3) is 0 Å². The minimum atomic E-state index is -0.0482. The van der Waals surface area contributed by atoms with Crippen molar-refractivity contribution in [3.8, 4) is 11.8 Å². The van der Waals surface area contributed by atoms with Gasteiger partial charge in [0.2, 0.25) is 5.91 Å². The average molecular weight is 289 g/mol. The molecular formula is C17H23NO3. The van der Waals surface area contributed by atoms with E-state index < -0.39 is 0 Å². The van der Waals surface area contributed by atoms with E-state index in [0.717, 1.165) is 11.1 Å². The number of hydrogen-bond acceptors (Lipinski definition) is 3. The van der Waals surface area contributed by atoms with Crippen molar-refractivity contribution in [3.05, 3.63) is 29.3 Å². The minimum absolute atomic E-state index is 0.0371. The maximum absolute atomic E-state index is 11.9. The summed E-state index contributed by atoms with van der Waals surface area (Å²) in [7, 11) is 1.64. The number of benzene rings is 1. The molecule has 0 radical (unpaired) electrons. The van der Waals surface area contributed by atoms with Gasteiger partial charge >= 0.3 is 0 Å². The zero-order valence-corrected chi connectivity index (χ0v) is 12.9. The summed E-state index contributed by atoms with van der Waals surface area (Å²) in [5.41, 5.74) is 2.56. The van der Waals surface area contributed by atoms with E-state index in [1.165, 1.54) is 0 Å². The van der Waals surface area contributed by atoms with E-state index in [4.69, 9.17) is 9.84 Å². The van der Waals surface area contributed by atoms with Crippen LogP contribution >= 0.6 is 0 Å². The number of ether oxygens (including phenoxy) is 1. The van der Waals surface area contributed by atoms with Crippen LogP contribution in [0, 0.1) is 18.8 Å². The monoisotopic (exact) mass is 289 g/mol. The predicted molar refractivity (Wildman–Crippen MR) is 84.1 cm³/mol. The van der Waals surface area contributed by atoms with Crippen molar-refractivity contribution in [1.29, 1.82) is 0 Å². The van der Waals surface area contributed by atoms with Gasteiger partial charge in [0.15, 0.2) is 0 Å². The van der Waals surface area contributed by atoms with Crippen LogP contribution in [0.5, 0.6) is 0 Å². The molecule has 1 aromatic rings. The molecule has 4 heteroatoms. The Labute approximate surface area is 126 Å². The number of aliphatic hydroxyl groups excluding tert-OH is 1. The normalized spacial score (nSPS) is 11.4. The second kappa shape index (κ2) is 9.17. The molecule has 0 aliphatic rings. The zero-order chi connectivity index (χ0) is 15.7. The van der Waals surface area contributed by atoms with E-state index in [1.54, 1.807) is 7.11 Å². The molecule has 0 saturated carbocycles. The van der Waals surface area contributed by atoms with Crippen molar-refractivity contribution in [2.75, 3.05) is 19.0 Å². The van der Waals surface area contributed by atoms with Gasteiger partial charge in [-0.1, -0.05) is 17.9 Å². The van der Waals surface area contributed by atoms with Crippen LogP contribution in [-0.2, 0) is 9.53 Å². The van der Waals surface area contributed by atoms with Crippen LogP contribution in [0.1, 0.15) is 37.3 Å². The fourth-order valence-corrected chi connectivity index (χ4v) is 1.75. The summed E-state index contributed by atoms with van der Waals surface area (Å²) in [6.07, 6.45) is 1.58. The Balaban J connectivity index is 2.74. The quantitative estimate of drug-likeness (QED) is 0.791. The molecule has 21 heavy (non-hydrogen) atoms. The van der Waals surface area contributed by atoms with E-state index in [9.17, 15) is 4.79 Å². The molecule has 4 nitrogen and oxygen atoms in total. The molecule has 0 saturated heterocycles. The molecule has 0 spiro atoms. The third-order valence-electron chi connectivity index (χ3n) is 3.09. The van der Waals surface area contributed by atoms with Crippen LogP contribution in [0.3, 0.4) is 0 Å². The summed E-state index contributed by atoms with van der Waals surface area (Å²) >= 11 is 0. The fourth-order valence-electron chi connectivity index (χ4n) is 1.75. The summed E-state index contributed by atoms with van der Waals surface area (Å²) < 4.78 is 5.13. The molecule has 1 aromatic carbocycles. The van der Waals surface area contributed by atoms with Gasteiger partial charge in [0.1, 0.15) is 0 Å². The van der Waals surface area contributed by atoms with E-state index in [-0.39, 0.29) is 18.6 Å². The third-order valence-corrected chi connectivity index (χ3v) is 3.09. The van der Waals surface area contributed by atoms with Crippen LogP contribution in [-0.4, -0.2) is 30.8 Å². The SMILES string of the molecule is COC(C)CCC(=O)Nc1ccc(C)cc1C#CCCO. The van der Waals surface area contributed by atoms with Gasteiger partial charge in [0, 0.05) is 25.5 Å². The van der Waals surface area contributed by atoms with Crippen LogP contribution in [0.15, 0.2) is 18.2 Å². The number of anilines is 1. The largest absolute Gasteiger partial charge is 0.395 e. The summed E-state index contributed by atoms with van der Waals surface area (Å²) in [4.78, 5) is 11.9. The van der Waals surface area contributed by atoms with Crippen molar-refractivity contribution in [1.82, 2.24) is 0 Å². The Kier molecular flexibility index (Phi) is 7.52. The minimum Gasteiger partial charge on any atom is -0.395 e. The van der Waals surface area contributed by atoms with Crippen LogP contribution < -0.4 is 5.32 Å². The van der Waals surface area contributed by atoms with E-state index in [0.29, 0.717) is 24.9 Å². The Morgan fingerprint density at radius 3 is 2.90 bits per heavy atom. The highest BCUT2D eigenvalue weighted by Crippen LogP contribution is 2.17. The van der Waals surface area contributed by atoms with Crippen LogP contribution in [0.25, 0.3) is 0 Å². The first-order valence-corrected chi connectivity index (χ1v) is 7.10. The highest BCUT2D eigenvalue weighted by Gasteiger charge is 2.08. The predicted octanol–water partition coefficient (Wildman–Crippen LogP) is 2.48. The highest BCUT2D eigenvalue weighted by molar-refractivity contribution is 5.92. The molecular weight excluding hydrogens is 266 g/mol. The number of hydrogen-bond donors (Lipinski definition) is 2. The highest BCUT2D eigenvalue weighted by atomic mass is 16.5. The van der Waals surface area contributed by atoms with Gasteiger partial charge in [-0.2, -0.15) is 0 Å². The van der Waals surface area contributed by atoms with Crippen molar-refractivity contribution >= 4 is 11.6 Å². The molecule has 0 fully saturated rings. The second-order valence-corrected chi connectivity index (χ2v) is 4.96. The van der Waals surface area contributed by atoms with Gasteiger partial charge in [0.05, 0.1) is 18.4 Å². The second-order valence-electron chi connectivity index (χ2n) is 4.96. The van der Waals surface area contributed by atoms with Crippen molar-refractivity contribution in [2.24, 2.45) is 0 Å². The molecule has 1 unspecified atom stereocenters. The van der Waals surface area contributed by atoms with E-state index in [2.05, 4.69) is 17.2 Å². The molecule has 1 atom stereocenters. The lowest BCUT2D eigenvalue weighted by Crippen LogP contribution is -2.15. The molecule has 114 valence electrons. The number of aryl methyl sites for hydroxylation is 1. The number of nitrogens with one attached hydrogen (secondary N) is 1. The Morgan fingerprint density at radius 2 is 2.24 bits per heavy atom. The maximum atomic E-state index is 11.9. The number of aliphatic hydroxyl groups is 1. The smallest absolute Gasteiger partial charge is 0.224 e. The van der Waals surface area contributed by atoms with Gasteiger partial charge in [-0.3, -0.25) is 4.79 Å². The summed E-state index contributed by atoms with van der Waals surface area (Å²) in [5.74, 6) is 5.82. The van der Waals surface area contributed by atoms with Gasteiger partial charge in [-0.15, -0.1) is 0 Å². The lowest BCUT2D eigenvalue weighted by atomic mass is 10.1. The average Bonchev–Trinajstić information content (AvgIpc) is 2.47. The topological polar surface area (TPSA) is 58.6 Å². The number of carbonyl (C=O) groups is 1. The summed E-state index contributed by atoms with van der Waals surface area (Å²) in [6.45, 7) is 3.95. The zero-order valence-electron chi connectivity index (χ0n) is 12.9. The van der Waals surface area contributed by atoms with Gasteiger partial charge in [-0.25, -0.2) is 0 Å². The first-order valence-electron chi connectivity index (χ1n) is 7.10. The molecule has 0 heterocycles. The molecule has 0 aliphatic heterocycles. The summed E-state index contributed by atoms with van der Waals surface area (Å²) in [5, 5.41) is 11.7. The third kappa shape index (κ3) is 6.44. The molecule has 0 aliphatic carbocycles. The first kappa shape index (κ1) is 17.2. The number of carbonyl (C=O) groups excluding carboxylic acids is 1. The Hall–Kier alpha value is -1.83. The first-order chi connectivity index (χ1) is 10.1. The maximum Gasteiger partial charge on any atom is 0.224 e. The standard InChI is InChI=1S/C17H23NO3/c1-13-7-9-16(15(12-13)6-4-5-11-19)18-17(20)10-8-14(2)21-3/h7,9,12,14,19H,5,8,10-11H2,1-3H3,(H,18,20). The molecule has 0 aromatic heterocycles. The van der Waals surface area contributed by atoms with Crippen LogP contribution in [0.4, 0.5) is 5.69 Å². The lowest BCUT2D eigenvalue weighted by Gasteiger charge is -2.11. The number of amides is 1. The number of rotatable bonds is 6. The lowest BCUT2D eigenvalue weighted by molar-refractivity contribution is -0.116. The molecule has 1 rings (SSSR count). The van der Waals surface area contributed by atoms with Gasteiger partial charge in [-0.05, 0) is 38.0 Å². The van der Waals surface area contributed by atoms with Crippen molar-refractivity contribution < 1.29 is 14.6 Å². The van der Waals surface area contributed by atoms with E-state index >= 15 is 0 Å². The molecule has 0 bridgehead atoms. The fraction of sp³-hybridized carbons (Fsp3) is 0.471. The van der Waals surface area contributed by atoms with Crippen molar-refractivity contribution in [2.45, 2.75) is 39.2 Å². The molecule has 1 amide bonds. The van der Waals surface area contributed by atoms with Crippen LogP contribution in [0.2, 0.25) is 0 Å². The summed E-state index contributed by atoms with van der Waals surface area (Å²) in [6, 6.07) is 5.72. The Morgan fingerprint density at radius 1 is 1.48 bits per heavy atom. The molecule has 2 N–H and O–H groups in total. The van der Waals surface area contributed by atoms with Crippen molar-refractivity contribution in [3.63, 3.8) is 0 Å². The number of methoxy groups -OCH3 is 1. The van der Waals surface area contributed by atoms with E-state index in [1.807, 2.05) is 32.0 Å².